The van der Waals surface area contributed by atoms with Crippen molar-refractivity contribution < 1.29 is 4.79 Å². The van der Waals surface area contributed by atoms with Crippen LogP contribution in [-0.4, -0.2) is 44.9 Å². The number of aryl methyl sites for hydroxylation is 1. The monoisotopic (exact) mass is 434 g/mol. The van der Waals surface area contributed by atoms with Crippen LogP contribution < -0.4 is 15.9 Å². The SMILES string of the molecule is CCN(CCNC(=O)C1CCc2nn(Cc3ccncc3)c(=O)n2CC1)c1ccccc1. The van der Waals surface area contributed by atoms with Gasteiger partial charge in [-0.1, -0.05) is 18.2 Å². The largest absolute Gasteiger partial charge is 0.370 e. The molecule has 0 saturated heterocycles. The molecule has 8 nitrogen and oxygen atoms in total. The lowest BCUT2D eigenvalue weighted by molar-refractivity contribution is -0.125. The third-order valence-electron chi connectivity index (χ3n) is 6.05. The summed E-state index contributed by atoms with van der Waals surface area (Å²) < 4.78 is 3.23. The van der Waals surface area contributed by atoms with Gasteiger partial charge in [0.25, 0.3) is 0 Å². The number of nitrogens with zero attached hydrogens (tertiary/aromatic N) is 5. The summed E-state index contributed by atoms with van der Waals surface area (Å²) in [5, 5.41) is 7.63. The number of aromatic nitrogens is 4. The lowest BCUT2D eigenvalue weighted by Crippen LogP contribution is -2.38. The van der Waals surface area contributed by atoms with Crippen LogP contribution in [0.1, 0.15) is 31.2 Å². The number of likely N-dealkylation sites (N-methyl/N-ethyl adjacent to an activating group) is 1. The fourth-order valence-electron chi connectivity index (χ4n) is 4.22. The molecule has 0 aliphatic carbocycles. The quantitative estimate of drug-likeness (QED) is 0.587. The van der Waals surface area contributed by atoms with E-state index < -0.39 is 0 Å². The van der Waals surface area contributed by atoms with E-state index in [-0.39, 0.29) is 17.5 Å². The number of amides is 1. The van der Waals surface area contributed by atoms with Gasteiger partial charge >= 0.3 is 5.69 Å². The number of nitrogens with one attached hydrogen (secondary N) is 1. The fourth-order valence-corrected chi connectivity index (χ4v) is 4.22. The molecule has 1 atom stereocenters. The maximum Gasteiger partial charge on any atom is 0.346 e. The van der Waals surface area contributed by atoms with Crippen LogP contribution in [0.4, 0.5) is 5.69 Å². The van der Waals surface area contributed by atoms with E-state index >= 15 is 0 Å². The third kappa shape index (κ3) is 5.07. The number of rotatable bonds is 8. The van der Waals surface area contributed by atoms with Crippen LogP contribution in [0.15, 0.2) is 59.7 Å². The van der Waals surface area contributed by atoms with E-state index in [0.29, 0.717) is 38.9 Å². The Kier molecular flexibility index (Phi) is 6.99. The van der Waals surface area contributed by atoms with Crippen LogP contribution in [0.2, 0.25) is 0 Å². The second-order valence-corrected chi connectivity index (χ2v) is 8.09. The predicted molar refractivity (Wildman–Crippen MR) is 124 cm³/mol. The van der Waals surface area contributed by atoms with Crippen molar-refractivity contribution in [1.29, 1.82) is 0 Å². The Morgan fingerprint density at radius 2 is 1.94 bits per heavy atom. The Labute approximate surface area is 187 Å². The Balaban J connectivity index is 1.31. The van der Waals surface area contributed by atoms with E-state index in [4.69, 9.17) is 0 Å². The molecule has 3 aromatic rings. The molecule has 1 aliphatic rings. The molecule has 3 heterocycles. The number of anilines is 1. The molecular weight excluding hydrogens is 404 g/mol. The standard InChI is InChI=1S/C24H30N6O2/c1-2-28(21-6-4-3-5-7-21)17-15-26-23(31)20-8-9-22-27-30(24(32)29(22)16-12-20)18-19-10-13-25-14-11-19/h3-7,10-11,13-14,20H,2,8-9,12,15-18H2,1H3,(H,26,31). The van der Waals surface area contributed by atoms with Crippen LogP contribution in [-0.2, 0) is 24.3 Å². The van der Waals surface area contributed by atoms with Crippen molar-refractivity contribution in [3.8, 4) is 0 Å². The number of fused-ring (bicyclic) bond motifs is 1. The summed E-state index contributed by atoms with van der Waals surface area (Å²) in [5.41, 5.74) is 2.04. The van der Waals surface area contributed by atoms with Gasteiger partial charge in [-0.25, -0.2) is 9.48 Å². The Hall–Kier alpha value is -3.42. The average Bonchev–Trinajstić information content (AvgIpc) is 2.98. The Morgan fingerprint density at radius 3 is 2.69 bits per heavy atom. The maximum atomic E-state index is 12.8. The molecule has 168 valence electrons. The van der Waals surface area contributed by atoms with Crippen LogP contribution >= 0.6 is 0 Å². The van der Waals surface area contributed by atoms with Gasteiger partial charge in [0.1, 0.15) is 5.82 Å². The summed E-state index contributed by atoms with van der Waals surface area (Å²) in [6.07, 6.45) is 5.40. The first-order valence-electron chi connectivity index (χ1n) is 11.3. The Morgan fingerprint density at radius 1 is 1.16 bits per heavy atom. The summed E-state index contributed by atoms with van der Waals surface area (Å²) in [5.74, 6) is 0.731. The van der Waals surface area contributed by atoms with Crippen LogP contribution in [0.25, 0.3) is 0 Å². The van der Waals surface area contributed by atoms with Gasteiger partial charge in [0, 0.05) is 56.6 Å². The molecule has 1 N–H and O–H groups in total. The lowest BCUT2D eigenvalue weighted by atomic mass is 9.99. The topological polar surface area (TPSA) is 85.1 Å². The van der Waals surface area contributed by atoms with Gasteiger partial charge in [0.15, 0.2) is 0 Å². The van der Waals surface area contributed by atoms with E-state index in [1.54, 1.807) is 17.0 Å². The van der Waals surface area contributed by atoms with Crippen molar-refractivity contribution in [3.63, 3.8) is 0 Å². The van der Waals surface area contributed by atoms with Gasteiger partial charge in [0.2, 0.25) is 5.91 Å². The maximum absolute atomic E-state index is 12.8. The molecule has 0 bridgehead atoms. The van der Waals surface area contributed by atoms with Crippen LogP contribution in [0, 0.1) is 5.92 Å². The average molecular weight is 435 g/mol. The van der Waals surface area contributed by atoms with Crippen molar-refractivity contribution >= 4 is 11.6 Å². The molecular formula is C24H30N6O2. The van der Waals surface area contributed by atoms with Gasteiger partial charge in [0.05, 0.1) is 6.54 Å². The summed E-state index contributed by atoms with van der Waals surface area (Å²) in [6, 6.07) is 14.0. The number of benzene rings is 1. The first-order chi connectivity index (χ1) is 15.7. The zero-order chi connectivity index (χ0) is 22.3. The molecule has 8 heteroatoms. The van der Waals surface area contributed by atoms with Gasteiger partial charge in [-0.05, 0) is 49.6 Å². The number of hydrogen-bond acceptors (Lipinski definition) is 5. The summed E-state index contributed by atoms with van der Waals surface area (Å²) in [4.78, 5) is 31.8. The zero-order valence-electron chi connectivity index (χ0n) is 18.5. The highest BCUT2D eigenvalue weighted by Gasteiger charge is 2.25. The lowest BCUT2D eigenvalue weighted by Gasteiger charge is -2.24. The highest BCUT2D eigenvalue weighted by Crippen LogP contribution is 2.18. The molecule has 4 rings (SSSR count). The van der Waals surface area contributed by atoms with E-state index in [1.165, 1.54) is 4.68 Å². The normalized spacial score (nSPS) is 15.6. The number of pyridine rings is 1. The fraction of sp³-hybridized carbons (Fsp3) is 0.417. The van der Waals surface area contributed by atoms with E-state index in [9.17, 15) is 9.59 Å². The van der Waals surface area contributed by atoms with E-state index in [0.717, 1.165) is 30.2 Å². The van der Waals surface area contributed by atoms with Gasteiger partial charge in [-0.2, -0.15) is 5.10 Å². The number of para-hydroxylation sites is 1. The molecule has 32 heavy (non-hydrogen) atoms. The summed E-state index contributed by atoms with van der Waals surface area (Å²) >= 11 is 0. The van der Waals surface area contributed by atoms with Crippen molar-refractivity contribution in [1.82, 2.24) is 24.6 Å². The minimum atomic E-state index is -0.112. The summed E-state index contributed by atoms with van der Waals surface area (Å²) in [7, 11) is 0. The van der Waals surface area contributed by atoms with E-state index in [1.807, 2.05) is 30.3 Å². The first-order valence-corrected chi connectivity index (χ1v) is 11.3. The number of carbonyl (C=O) groups excluding carboxylic acids is 1. The minimum absolute atomic E-state index is 0.0666. The van der Waals surface area contributed by atoms with Crippen molar-refractivity contribution in [3.05, 3.63) is 76.7 Å². The van der Waals surface area contributed by atoms with Gasteiger partial charge < -0.3 is 10.2 Å². The molecule has 0 spiro atoms. The van der Waals surface area contributed by atoms with Crippen LogP contribution in [0.5, 0.6) is 0 Å². The molecule has 1 amide bonds. The molecule has 1 unspecified atom stereocenters. The predicted octanol–water partition coefficient (Wildman–Crippen LogP) is 2.08. The molecule has 0 saturated carbocycles. The Bertz CT molecular complexity index is 1080. The molecule has 0 radical (unpaired) electrons. The van der Waals surface area contributed by atoms with Crippen molar-refractivity contribution in [2.45, 2.75) is 39.3 Å². The second-order valence-electron chi connectivity index (χ2n) is 8.09. The number of hydrogen-bond donors (Lipinski definition) is 1. The first kappa shape index (κ1) is 21.8. The highest BCUT2D eigenvalue weighted by atomic mass is 16.2. The van der Waals surface area contributed by atoms with Crippen LogP contribution in [0.3, 0.4) is 0 Å². The van der Waals surface area contributed by atoms with Crippen molar-refractivity contribution in [2.24, 2.45) is 5.92 Å². The molecule has 1 aliphatic heterocycles. The van der Waals surface area contributed by atoms with E-state index in [2.05, 4.69) is 39.4 Å². The summed E-state index contributed by atoms with van der Waals surface area (Å²) in [6.45, 7) is 5.31. The number of carbonyl (C=O) groups is 1. The van der Waals surface area contributed by atoms with Crippen molar-refractivity contribution in [2.75, 3.05) is 24.5 Å². The minimum Gasteiger partial charge on any atom is -0.370 e. The van der Waals surface area contributed by atoms with Gasteiger partial charge in [-0.15, -0.1) is 0 Å². The molecule has 2 aromatic heterocycles. The molecule has 0 fully saturated rings. The zero-order valence-corrected chi connectivity index (χ0v) is 18.5. The third-order valence-corrected chi connectivity index (χ3v) is 6.05. The highest BCUT2D eigenvalue weighted by molar-refractivity contribution is 5.78. The second kappa shape index (κ2) is 10.3. The molecule has 1 aromatic carbocycles. The van der Waals surface area contributed by atoms with Gasteiger partial charge in [-0.3, -0.25) is 14.3 Å². The smallest absolute Gasteiger partial charge is 0.346 e.